The van der Waals surface area contributed by atoms with Gasteiger partial charge in [-0.05, 0) is 12.3 Å². The van der Waals surface area contributed by atoms with Crippen molar-refractivity contribution < 1.29 is 4.74 Å². The van der Waals surface area contributed by atoms with Crippen LogP contribution in [-0.4, -0.2) is 25.1 Å². The molecule has 0 unspecified atom stereocenters. The second-order valence-electron chi connectivity index (χ2n) is 3.78. The van der Waals surface area contributed by atoms with Gasteiger partial charge >= 0.3 is 0 Å². The smallest absolute Gasteiger partial charge is 0.288 e. The first-order valence-corrected chi connectivity index (χ1v) is 5.34. The minimum Gasteiger partial charge on any atom is -0.465 e. The maximum Gasteiger partial charge on any atom is 0.288 e. The number of nitrogens with two attached hydrogens (primary N) is 1. The van der Waals surface area contributed by atoms with Crippen molar-refractivity contribution in [3.63, 3.8) is 0 Å². The molecule has 0 fully saturated rings. The second-order valence-corrected chi connectivity index (χ2v) is 3.78. The van der Waals surface area contributed by atoms with E-state index >= 15 is 0 Å². The lowest BCUT2D eigenvalue weighted by atomic mass is 10.2. The van der Waals surface area contributed by atoms with Gasteiger partial charge in [0, 0.05) is 6.54 Å². The molecule has 5 heteroatoms. The third kappa shape index (κ3) is 9.05. The summed E-state index contributed by atoms with van der Waals surface area (Å²) in [5.41, 5.74) is 5.54. The zero-order chi connectivity index (χ0) is 11.7. The minimum absolute atomic E-state index is 0.0403. The molecule has 88 valence electrons. The molecular formula is C10H22N4O. The number of unbranched alkanes of at least 4 members (excludes halogenated alkanes) is 1. The Morgan fingerprint density at radius 3 is 2.73 bits per heavy atom. The molecule has 0 aliphatic rings. The zero-order valence-electron chi connectivity index (χ0n) is 9.84. The molecule has 0 saturated heterocycles. The van der Waals surface area contributed by atoms with E-state index in [4.69, 9.17) is 15.9 Å². The van der Waals surface area contributed by atoms with E-state index in [2.05, 4.69) is 17.2 Å². The fraction of sp³-hybridized carbons (Fsp3) is 0.800. The summed E-state index contributed by atoms with van der Waals surface area (Å²) in [7, 11) is 0. The average molecular weight is 214 g/mol. The minimum atomic E-state index is -0.0403. The average Bonchev–Trinajstić information content (AvgIpc) is 2.15. The van der Waals surface area contributed by atoms with Gasteiger partial charge in [0.1, 0.15) is 0 Å². The number of nitrogens with one attached hydrogen (secondary N) is 2. The SMILES string of the molecule is CCCCN=C(N)NC(=N)OCC(C)C. The highest BCUT2D eigenvalue weighted by molar-refractivity contribution is 5.93. The molecule has 0 aromatic rings. The number of amidine groups is 1. The lowest BCUT2D eigenvalue weighted by Gasteiger charge is -2.10. The first-order chi connectivity index (χ1) is 7.06. The monoisotopic (exact) mass is 214 g/mol. The molecule has 5 nitrogen and oxygen atoms in total. The van der Waals surface area contributed by atoms with Crippen LogP contribution in [0.4, 0.5) is 0 Å². The van der Waals surface area contributed by atoms with Gasteiger partial charge in [0.05, 0.1) is 6.61 Å². The summed E-state index contributed by atoms with van der Waals surface area (Å²) < 4.78 is 5.09. The Hall–Kier alpha value is -1.26. The van der Waals surface area contributed by atoms with E-state index in [9.17, 15) is 0 Å². The van der Waals surface area contributed by atoms with Gasteiger partial charge in [-0.1, -0.05) is 27.2 Å². The summed E-state index contributed by atoms with van der Waals surface area (Å²) in [6, 6.07) is -0.0403. The molecule has 0 radical (unpaired) electrons. The van der Waals surface area contributed by atoms with Crippen molar-refractivity contribution in [3.05, 3.63) is 0 Å². The van der Waals surface area contributed by atoms with Crippen molar-refractivity contribution in [2.45, 2.75) is 33.6 Å². The van der Waals surface area contributed by atoms with Crippen LogP contribution in [0.25, 0.3) is 0 Å². The molecule has 0 amide bonds. The Morgan fingerprint density at radius 1 is 1.53 bits per heavy atom. The van der Waals surface area contributed by atoms with Gasteiger partial charge in [-0.25, -0.2) is 0 Å². The quantitative estimate of drug-likeness (QED) is 0.366. The molecule has 0 bridgehead atoms. The van der Waals surface area contributed by atoms with Crippen molar-refractivity contribution in [1.29, 1.82) is 5.41 Å². The second kappa shape index (κ2) is 8.08. The lowest BCUT2D eigenvalue weighted by molar-refractivity contribution is 0.248. The van der Waals surface area contributed by atoms with Gasteiger partial charge in [-0.3, -0.25) is 15.7 Å². The molecule has 15 heavy (non-hydrogen) atoms. The molecule has 0 saturated carbocycles. The summed E-state index contributed by atoms with van der Waals surface area (Å²) in [6.45, 7) is 7.33. The van der Waals surface area contributed by atoms with Crippen LogP contribution in [0.5, 0.6) is 0 Å². The molecule has 0 spiro atoms. The third-order valence-electron chi connectivity index (χ3n) is 1.60. The first kappa shape index (κ1) is 13.7. The molecule has 0 heterocycles. The summed E-state index contributed by atoms with van der Waals surface area (Å²) in [6.07, 6.45) is 2.08. The molecule has 4 N–H and O–H groups in total. The van der Waals surface area contributed by atoms with Crippen LogP contribution in [-0.2, 0) is 4.74 Å². The number of ether oxygens (including phenoxy) is 1. The van der Waals surface area contributed by atoms with Gasteiger partial charge in [0.25, 0.3) is 6.02 Å². The number of hydrogen-bond donors (Lipinski definition) is 3. The van der Waals surface area contributed by atoms with Gasteiger partial charge < -0.3 is 10.5 Å². The predicted octanol–water partition coefficient (Wildman–Crippen LogP) is 1.30. The van der Waals surface area contributed by atoms with Crippen molar-refractivity contribution in [1.82, 2.24) is 5.32 Å². The Kier molecular flexibility index (Phi) is 7.40. The van der Waals surface area contributed by atoms with Crippen molar-refractivity contribution in [2.75, 3.05) is 13.2 Å². The fourth-order valence-corrected chi connectivity index (χ4v) is 0.800. The lowest BCUT2D eigenvalue weighted by Crippen LogP contribution is -2.38. The van der Waals surface area contributed by atoms with E-state index in [1.54, 1.807) is 0 Å². The number of hydrogen-bond acceptors (Lipinski definition) is 3. The standard InChI is InChI=1S/C10H22N4O/c1-4-5-6-13-9(11)14-10(12)15-7-8(2)3/h8H,4-7H2,1-3H3,(H4,11,12,13,14). The molecule has 0 rings (SSSR count). The molecule has 0 aromatic carbocycles. The van der Waals surface area contributed by atoms with Crippen LogP contribution in [0.15, 0.2) is 4.99 Å². The number of rotatable bonds is 5. The third-order valence-corrected chi connectivity index (χ3v) is 1.60. The van der Waals surface area contributed by atoms with Crippen LogP contribution < -0.4 is 11.1 Å². The highest BCUT2D eigenvalue weighted by Crippen LogP contribution is 1.91. The molecule has 0 aliphatic carbocycles. The van der Waals surface area contributed by atoms with Gasteiger partial charge in [-0.15, -0.1) is 0 Å². The van der Waals surface area contributed by atoms with Crippen molar-refractivity contribution in [2.24, 2.45) is 16.6 Å². The van der Waals surface area contributed by atoms with Crippen LogP contribution in [0, 0.1) is 11.3 Å². The normalized spacial score (nSPS) is 11.6. The molecule has 0 aliphatic heterocycles. The topological polar surface area (TPSA) is 83.5 Å². The zero-order valence-corrected chi connectivity index (χ0v) is 9.84. The number of guanidine groups is 1. The van der Waals surface area contributed by atoms with Gasteiger partial charge in [-0.2, -0.15) is 0 Å². The fourth-order valence-electron chi connectivity index (χ4n) is 0.800. The Labute approximate surface area is 91.6 Å². The van der Waals surface area contributed by atoms with Crippen molar-refractivity contribution >= 4 is 12.0 Å². The van der Waals surface area contributed by atoms with Crippen LogP contribution in [0.1, 0.15) is 33.6 Å². The first-order valence-electron chi connectivity index (χ1n) is 5.34. The summed E-state index contributed by atoms with van der Waals surface area (Å²) >= 11 is 0. The van der Waals surface area contributed by atoms with E-state index < -0.39 is 0 Å². The Bertz CT molecular complexity index is 213. The summed E-state index contributed by atoms with van der Waals surface area (Å²) in [5, 5.41) is 9.98. The highest BCUT2D eigenvalue weighted by atomic mass is 16.5. The van der Waals surface area contributed by atoms with Gasteiger partial charge in [0.2, 0.25) is 0 Å². The Morgan fingerprint density at radius 2 is 2.20 bits per heavy atom. The van der Waals surface area contributed by atoms with Gasteiger partial charge in [0.15, 0.2) is 5.96 Å². The maximum atomic E-state index is 7.40. The van der Waals surface area contributed by atoms with E-state index in [0.29, 0.717) is 19.1 Å². The van der Waals surface area contributed by atoms with Crippen LogP contribution in [0.3, 0.4) is 0 Å². The van der Waals surface area contributed by atoms with Crippen molar-refractivity contribution in [3.8, 4) is 0 Å². The molecule has 0 aromatic heterocycles. The number of nitrogens with zero attached hydrogens (tertiary/aromatic N) is 1. The summed E-state index contributed by atoms with van der Waals surface area (Å²) in [4.78, 5) is 4.04. The highest BCUT2D eigenvalue weighted by Gasteiger charge is 2.00. The number of aliphatic imine (C=N–C) groups is 1. The van der Waals surface area contributed by atoms with E-state index in [-0.39, 0.29) is 12.0 Å². The predicted molar refractivity (Wildman–Crippen MR) is 63.0 cm³/mol. The molecule has 0 atom stereocenters. The molecular weight excluding hydrogens is 192 g/mol. The summed E-state index contributed by atoms with van der Waals surface area (Å²) in [5.74, 6) is 0.641. The van der Waals surface area contributed by atoms with Crippen LogP contribution in [0.2, 0.25) is 0 Å². The van der Waals surface area contributed by atoms with E-state index in [0.717, 1.165) is 12.8 Å². The van der Waals surface area contributed by atoms with E-state index in [1.807, 2.05) is 13.8 Å². The van der Waals surface area contributed by atoms with E-state index in [1.165, 1.54) is 0 Å². The Balaban J connectivity index is 3.70. The largest absolute Gasteiger partial charge is 0.465 e. The maximum absolute atomic E-state index is 7.40. The van der Waals surface area contributed by atoms with Crippen LogP contribution >= 0.6 is 0 Å².